The number of nitrogen functional groups attached to an aromatic ring is 1. The highest BCUT2D eigenvalue weighted by Crippen LogP contribution is 2.31. The van der Waals surface area contributed by atoms with Crippen LogP contribution in [0.4, 0.5) is 5.69 Å². The van der Waals surface area contributed by atoms with E-state index in [4.69, 9.17) is 10.5 Å². The fraction of sp³-hybridized carbons (Fsp3) is 0.150. The minimum Gasteiger partial charge on any atom is -0.465 e. The molecule has 2 heterocycles. The second kappa shape index (κ2) is 6.48. The number of aromatic nitrogens is 3. The molecular formula is C20H18N4O2. The van der Waals surface area contributed by atoms with Crippen molar-refractivity contribution >= 4 is 28.1 Å². The molecule has 0 aliphatic carbocycles. The van der Waals surface area contributed by atoms with Gasteiger partial charge in [-0.05, 0) is 24.5 Å². The lowest BCUT2D eigenvalue weighted by Crippen LogP contribution is -2.10. The van der Waals surface area contributed by atoms with Crippen molar-refractivity contribution in [3.63, 3.8) is 0 Å². The Balaban J connectivity index is 1.89. The Bertz CT molecular complexity index is 1100. The van der Waals surface area contributed by atoms with Gasteiger partial charge in [-0.1, -0.05) is 53.7 Å². The Kier molecular flexibility index (Phi) is 4.01. The first-order valence-corrected chi connectivity index (χ1v) is 8.37. The Labute approximate surface area is 150 Å². The third-order valence-corrected chi connectivity index (χ3v) is 4.55. The number of pyridine rings is 1. The van der Waals surface area contributed by atoms with Crippen molar-refractivity contribution in [1.82, 2.24) is 14.8 Å². The van der Waals surface area contributed by atoms with Crippen LogP contribution in [0.2, 0.25) is 0 Å². The van der Waals surface area contributed by atoms with E-state index in [1.54, 1.807) is 4.52 Å². The zero-order chi connectivity index (χ0) is 18.1. The summed E-state index contributed by atoms with van der Waals surface area (Å²) in [5.41, 5.74) is 10.5. The largest absolute Gasteiger partial charge is 0.465 e. The molecule has 4 aromatic rings. The van der Waals surface area contributed by atoms with Gasteiger partial charge in [-0.15, -0.1) is 5.10 Å². The van der Waals surface area contributed by atoms with E-state index in [-0.39, 0.29) is 0 Å². The quantitative estimate of drug-likeness (QED) is 0.574. The van der Waals surface area contributed by atoms with Crippen molar-refractivity contribution in [1.29, 1.82) is 0 Å². The molecule has 0 fully saturated rings. The molecule has 0 saturated heterocycles. The molecule has 26 heavy (non-hydrogen) atoms. The minimum absolute atomic E-state index is 0.351. The van der Waals surface area contributed by atoms with E-state index in [0.717, 1.165) is 17.6 Å². The van der Waals surface area contributed by atoms with Gasteiger partial charge in [0.2, 0.25) is 0 Å². The Morgan fingerprint density at radius 1 is 1.08 bits per heavy atom. The number of fused-ring (bicyclic) bond motifs is 3. The fourth-order valence-electron chi connectivity index (χ4n) is 3.28. The summed E-state index contributed by atoms with van der Waals surface area (Å²) in [5.74, 6) is -0.462. The summed E-state index contributed by atoms with van der Waals surface area (Å²) in [6.45, 7) is 0. The van der Waals surface area contributed by atoms with Gasteiger partial charge in [0.15, 0.2) is 0 Å². The molecule has 0 spiro atoms. The van der Waals surface area contributed by atoms with E-state index >= 15 is 0 Å². The van der Waals surface area contributed by atoms with E-state index < -0.39 is 5.97 Å². The predicted molar refractivity (Wildman–Crippen MR) is 100 cm³/mol. The van der Waals surface area contributed by atoms with Crippen LogP contribution >= 0.6 is 0 Å². The van der Waals surface area contributed by atoms with Crippen LogP contribution in [0.25, 0.3) is 16.4 Å². The number of hydrogen-bond donors (Lipinski definition) is 1. The van der Waals surface area contributed by atoms with Crippen LogP contribution in [-0.2, 0) is 17.6 Å². The molecule has 6 nitrogen and oxygen atoms in total. The summed E-state index contributed by atoms with van der Waals surface area (Å²) in [6.07, 6.45) is 1.49. The molecular weight excluding hydrogens is 328 g/mol. The van der Waals surface area contributed by atoms with Crippen LogP contribution in [0.3, 0.4) is 0 Å². The summed E-state index contributed by atoms with van der Waals surface area (Å²) >= 11 is 0. The first kappa shape index (κ1) is 16.1. The van der Waals surface area contributed by atoms with E-state index in [1.165, 1.54) is 12.7 Å². The summed E-state index contributed by atoms with van der Waals surface area (Å²) in [5, 5.41) is 9.31. The van der Waals surface area contributed by atoms with Gasteiger partial charge < -0.3 is 10.5 Å². The second-order valence-electron chi connectivity index (χ2n) is 6.08. The smallest absolute Gasteiger partial charge is 0.340 e. The lowest BCUT2D eigenvalue weighted by molar-refractivity contribution is 0.0604. The number of ether oxygens (including phenoxy) is 1. The monoisotopic (exact) mass is 346 g/mol. The third kappa shape index (κ3) is 2.56. The normalized spacial score (nSPS) is 11.1. The zero-order valence-electron chi connectivity index (χ0n) is 14.3. The molecule has 2 N–H and O–H groups in total. The topological polar surface area (TPSA) is 82.5 Å². The highest BCUT2D eigenvalue weighted by atomic mass is 16.5. The van der Waals surface area contributed by atoms with E-state index in [2.05, 4.69) is 22.4 Å². The first-order chi connectivity index (χ1) is 12.7. The number of para-hydroxylation sites is 1. The van der Waals surface area contributed by atoms with Crippen LogP contribution in [-0.4, -0.2) is 27.9 Å². The number of carbonyl (C=O) groups excluding carboxylic acids is 1. The average Bonchev–Trinajstić information content (AvgIpc) is 3.12. The van der Waals surface area contributed by atoms with Crippen molar-refractivity contribution in [2.75, 3.05) is 12.8 Å². The first-order valence-electron chi connectivity index (χ1n) is 8.37. The molecule has 0 radical (unpaired) electrons. The van der Waals surface area contributed by atoms with E-state index in [9.17, 15) is 4.79 Å². The second-order valence-corrected chi connectivity index (χ2v) is 6.08. The van der Waals surface area contributed by atoms with Crippen LogP contribution in [0.1, 0.15) is 21.6 Å². The standard InChI is InChI=1S/C20H18N4O2/c1-26-20(25)17-14-9-5-6-10-16(14)24-19(18(17)21)15(22-23-24)12-11-13-7-3-2-4-8-13/h2-10H,11-12,21H2,1H3. The molecule has 0 amide bonds. The highest BCUT2D eigenvalue weighted by Gasteiger charge is 2.22. The number of hydrogen-bond acceptors (Lipinski definition) is 5. The molecule has 0 saturated carbocycles. The maximum atomic E-state index is 12.4. The number of methoxy groups -OCH3 is 1. The molecule has 0 aliphatic heterocycles. The maximum Gasteiger partial charge on any atom is 0.340 e. The number of benzene rings is 2. The lowest BCUT2D eigenvalue weighted by Gasteiger charge is -2.11. The molecule has 2 aromatic heterocycles. The summed E-state index contributed by atoms with van der Waals surface area (Å²) in [4.78, 5) is 12.4. The summed E-state index contributed by atoms with van der Waals surface area (Å²) in [6, 6.07) is 17.6. The number of nitrogens with two attached hydrogens (primary N) is 1. The molecule has 0 atom stereocenters. The van der Waals surface area contributed by atoms with Gasteiger partial charge in [0.25, 0.3) is 0 Å². The number of carbonyl (C=O) groups is 1. The zero-order valence-corrected chi connectivity index (χ0v) is 14.3. The van der Waals surface area contributed by atoms with Crippen LogP contribution < -0.4 is 5.73 Å². The van der Waals surface area contributed by atoms with Gasteiger partial charge in [-0.3, -0.25) is 0 Å². The number of rotatable bonds is 4. The fourth-order valence-corrected chi connectivity index (χ4v) is 3.28. The van der Waals surface area contributed by atoms with Crippen molar-refractivity contribution in [2.24, 2.45) is 0 Å². The number of aryl methyl sites for hydroxylation is 2. The van der Waals surface area contributed by atoms with Gasteiger partial charge in [0.05, 0.1) is 29.6 Å². The van der Waals surface area contributed by atoms with Gasteiger partial charge in [-0.25, -0.2) is 9.31 Å². The van der Waals surface area contributed by atoms with Crippen LogP contribution in [0.15, 0.2) is 54.6 Å². The van der Waals surface area contributed by atoms with Crippen molar-refractivity contribution in [3.05, 3.63) is 71.4 Å². The molecule has 0 unspecified atom stereocenters. The molecule has 6 heteroatoms. The molecule has 0 bridgehead atoms. The Hall–Kier alpha value is -3.41. The number of nitrogens with zero attached hydrogens (tertiary/aromatic N) is 3. The number of esters is 1. The van der Waals surface area contributed by atoms with Gasteiger partial charge in [0, 0.05) is 5.39 Å². The lowest BCUT2D eigenvalue weighted by atomic mass is 10.0. The SMILES string of the molecule is COC(=O)c1c(N)c2c(CCc3ccccc3)nnn2c2ccccc12. The third-order valence-electron chi connectivity index (χ3n) is 4.55. The minimum atomic E-state index is -0.462. The van der Waals surface area contributed by atoms with Crippen LogP contribution in [0.5, 0.6) is 0 Å². The van der Waals surface area contributed by atoms with Gasteiger partial charge >= 0.3 is 5.97 Å². The molecule has 0 aliphatic rings. The van der Waals surface area contributed by atoms with E-state index in [1.807, 2.05) is 42.5 Å². The van der Waals surface area contributed by atoms with Crippen molar-refractivity contribution in [2.45, 2.75) is 12.8 Å². The molecule has 4 rings (SSSR count). The van der Waals surface area contributed by atoms with E-state index in [0.29, 0.717) is 28.6 Å². The summed E-state index contributed by atoms with van der Waals surface area (Å²) < 4.78 is 6.66. The van der Waals surface area contributed by atoms with Crippen molar-refractivity contribution in [3.8, 4) is 0 Å². The predicted octanol–water partition coefficient (Wildman–Crippen LogP) is 3.04. The summed E-state index contributed by atoms with van der Waals surface area (Å²) in [7, 11) is 1.35. The van der Waals surface area contributed by atoms with Crippen LogP contribution in [0, 0.1) is 0 Å². The molecule has 130 valence electrons. The van der Waals surface area contributed by atoms with Crippen molar-refractivity contribution < 1.29 is 9.53 Å². The Morgan fingerprint density at radius 3 is 2.58 bits per heavy atom. The highest BCUT2D eigenvalue weighted by molar-refractivity contribution is 6.11. The Morgan fingerprint density at radius 2 is 1.81 bits per heavy atom. The van der Waals surface area contributed by atoms with Gasteiger partial charge in [0.1, 0.15) is 5.52 Å². The number of anilines is 1. The maximum absolute atomic E-state index is 12.4. The average molecular weight is 346 g/mol. The van der Waals surface area contributed by atoms with Gasteiger partial charge in [-0.2, -0.15) is 0 Å². The molecule has 2 aromatic carbocycles.